The molecule has 0 spiro atoms. The standard InChI is InChI=1S/C11H13N3O3S2/c1-8-3-13-10(4-12-8)5-14-19(16,17)11-2-9(6-15)7-18-11/h2-4,7,14-15H,5-6H2,1H3. The summed E-state index contributed by atoms with van der Waals surface area (Å²) in [4.78, 5) is 8.11. The second kappa shape index (κ2) is 5.74. The first-order chi connectivity index (χ1) is 9.01. The monoisotopic (exact) mass is 299 g/mol. The zero-order valence-electron chi connectivity index (χ0n) is 10.2. The first-order valence-electron chi connectivity index (χ1n) is 5.47. The maximum atomic E-state index is 12.0. The van der Waals surface area contributed by atoms with Gasteiger partial charge in [0.05, 0.1) is 30.7 Å². The zero-order chi connectivity index (χ0) is 13.9. The highest BCUT2D eigenvalue weighted by atomic mass is 32.2. The average Bonchev–Trinajstić information content (AvgIpc) is 2.88. The van der Waals surface area contributed by atoms with Gasteiger partial charge in [-0.15, -0.1) is 11.3 Å². The van der Waals surface area contributed by atoms with Crippen molar-refractivity contribution < 1.29 is 13.5 Å². The van der Waals surface area contributed by atoms with Crippen molar-refractivity contribution in [2.75, 3.05) is 0 Å². The van der Waals surface area contributed by atoms with Crippen LogP contribution in [0.15, 0.2) is 28.0 Å². The van der Waals surface area contributed by atoms with Crippen LogP contribution in [0.2, 0.25) is 0 Å². The van der Waals surface area contributed by atoms with Crippen molar-refractivity contribution >= 4 is 21.4 Å². The van der Waals surface area contributed by atoms with Crippen LogP contribution in [0.1, 0.15) is 17.0 Å². The Labute approximate surface area is 115 Å². The van der Waals surface area contributed by atoms with Gasteiger partial charge < -0.3 is 5.11 Å². The summed E-state index contributed by atoms with van der Waals surface area (Å²) in [6, 6.07) is 1.45. The Kier molecular flexibility index (Phi) is 4.25. The van der Waals surface area contributed by atoms with Gasteiger partial charge in [-0.05, 0) is 23.9 Å². The smallest absolute Gasteiger partial charge is 0.250 e. The number of sulfonamides is 1. The highest BCUT2D eigenvalue weighted by Crippen LogP contribution is 2.20. The Morgan fingerprint density at radius 1 is 1.37 bits per heavy atom. The van der Waals surface area contributed by atoms with Crippen LogP contribution < -0.4 is 4.72 Å². The van der Waals surface area contributed by atoms with Gasteiger partial charge in [0, 0.05) is 6.20 Å². The topological polar surface area (TPSA) is 92.2 Å². The summed E-state index contributed by atoms with van der Waals surface area (Å²) in [7, 11) is -3.57. The van der Waals surface area contributed by atoms with E-state index in [1.165, 1.54) is 12.3 Å². The molecule has 0 fully saturated rings. The van der Waals surface area contributed by atoms with Crippen LogP contribution in [0.4, 0.5) is 0 Å². The normalized spacial score (nSPS) is 11.7. The van der Waals surface area contributed by atoms with E-state index in [0.29, 0.717) is 11.3 Å². The fraction of sp³-hybridized carbons (Fsp3) is 0.273. The molecule has 102 valence electrons. The van der Waals surface area contributed by atoms with Crippen molar-refractivity contribution in [2.45, 2.75) is 24.3 Å². The number of nitrogens with one attached hydrogen (secondary N) is 1. The summed E-state index contributed by atoms with van der Waals surface area (Å²) in [5.74, 6) is 0. The molecule has 0 aliphatic carbocycles. The predicted octanol–water partition coefficient (Wildman–Crippen LogP) is 0.817. The van der Waals surface area contributed by atoms with E-state index in [0.717, 1.165) is 17.0 Å². The molecule has 0 saturated carbocycles. The van der Waals surface area contributed by atoms with Crippen molar-refractivity contribution in [1.82, 2.24) is 14.7 Å². The predicted molar refractivity (Wildman–Crippen MR) is 71.0 cm³/mol. The number of rotatable bonds is 5. The molecule has 8 heteroatoms. The third kappa shape index (κ3) is 3.57. The first-order valence-corrected chi connectivity index (χ1v) is 7.83. The molecule has 2 aromatic heterocycles. The minimum absolute atomic E-state index is 0.0853. The molecule has 0 aliphatic heterocycles. The number of aryl methyl sites for hydroxylation is 1. The molecule has 2 N–H and O–H groups in total. The molecule has 2 rings (SSSR count). The number of thiophene rings is 1. The van der Waals surface area contributed by atoms with Crippen molar-refractivity contribution in [3.05, 3.63) is 40.8 Å². The number of nitrogens with zero attached hydrogens (tertiary/aromatic N) is 2. The summed E-state index contributed by atoms with van der Waals surface area (Å²) in [5.41, 5.74) is 1.91. The van der Waals surface area contributed by atoms with Crippen LogP contribution >= 0.6 is 11.3 Å². The van der Waals surface area contributed by atoms with Crippen LogP contribution in [-0.2, 0) is 23.2 Å². The summed E-state index contributed by atoms with van der Waals surface area (Å²) < 4.78 is 26.6. The summed E-state index contributed by atoms with van der Waals surface area (Å²) in [5, 5.41) is 10.5. The highest BCUT2D eigenvalue weighted by molar-refractivity contribution is 7.91. The van der Waals surface area contributed by atoms with Crippen molar-refractivity contribution in [1.29, 1.82) is 0 Å². The Morgan fingerprint density at radius 3 is 2.74 bits per heavy atom. The summed E-state index contributed by atoms with van der Waals surface area (Å²) in [6.45, 7) is 1.72. The largest absolute Gasteiger partial charge is 0.392 e. The minimum Gasteiger partial charge on any atom is -0.392 e. The van der Waals surface area contributed by atoms with E-state index >= 15 is 0 Å². The highest BCUT2D eigenvalue weighted by Gasteiger charge is 2.16. The van der Waals surface area contributed by atoms with Gasteiger partial charge in [0.25, 0.3) is 0 Å². The van der Waals surface area contributed by atoms with E-state index < -0.39 is 10.0 Å². The lowest BCUT2D eigenvalue weighted by molar-refractivity contribution is 0.282. The van der Waals surface area contributed by atoms with Gasteiger partial charge in [-0.3, -0.25) is 9.97 Å². The molecule has 0 amide bonds. The Bertz CT molecular complexity index is 650. The van der Waals surface area contributed by atoms with Crippen molar-refractivity contribution in [3.63, 3.8) is 0 Å². The maximum absolute atomic E-state index is 12.0. The fourth-order valence-corrected chi connectivity index (χ4v) is 3.57. The molecule has 0 radical (unpaired) electrons. The van der Waals surface area contributed by atoms with E-state index in [1.54, 1.807) is 11.6 Å². The lowest BCUT2D eigenvalue weighted by Crippen LogP contribution is -2.23. The quantitative estimate of drug-likeness (QED) is 0.852. The van der Waals surface area contributed by atoms with E-state index in [2.05, 4.69) is 14.7 Å². The van der Waals surface area contributed by atoms with Crippen molar-refractivity contribution in [2.24, 2.45) is 0 Å². The summed E-state index contributed by atoms with van der Waals surface area (Å²) in [6.07, 6.45) is 3.12. The van der Waals surface area contributed by atoms with E-state index in [-0.39, 0.29) is 17.4 Å². The molecule has 0 unspecified atom stereocenters. The van der Waals surface area contributed by atoms with Crippen LogP contribution in [0.25, 0.3) is 0 Å². The molecular formula is C11H13N3O3S2. The van der Waals surface area contributed by atoms with Gasteiger partial charge in [-0.1, -0.05) is 0 Å². The number of hydrogen-bond acceptors (Lipinski definition) is 6. The van der Waals surface area contributed by atoms with Crippen LogP contribution in [0.5, 0.6) is 0 Å². The minimum atomic E-state index is -3.57. The lowest BCUT2D eigenvalue weighted by atomic mass is 10.4. The van der Waals surface area contributed by atoms with Gasteiger partial charge >= 0.3 is 0 Å². The van der Waals surface area contributed by atoms with Gasteiger partial charge in [-0.25, -0.2) is 13.1 Å². The van der Waals surface area contributed by atoms with Gasteiger partial charge in [0.15, 0.2) is 0 Å². The van der Waals surface area contributed by atoms with Gasteiger partial charge in [0.1, 0.15) is 4.21 Å². The molecule has 0 atom stereocenters. The molecule has 0 aromatic carbocycles. The number of aliphatic hydroxyl groups is 1. The average molecular weight is 299 g/mol. The van der Waals surface area contributed by atoms with Crippen LogP contribution in [0, 0.1) is 6.92 Å². The number of aliphatic hydroxyl groups excluding tert-OH is 1. The SMILES string of the molecule is Cc1cnc(CNS(=O)(=O)c2cc(CO)cs2)cn1. The molecule has 0 saturated heterocycles. The molecule has 2 heterocycles. The molecule has 2 aromatic rings. The summed E-state index contributed by atoms with van der Waals surface area (Å²) >= 11 is 1.07. The van der Waals surface area contributed by atoms with Crippen LogP contribution in [0.3, 0.4) is 0 Å². The van der Waals surface area contributed by atoms with Gasteiger partial charge in [0.2, 0.25) is 10.0 Å². The van der Waals surface area contributed by atoms with E-state index in [9.17, 15) is 8.42 Å². The molecule has 0 bridgehead atoms. The Balaban J connectivity index is 2.07. The number of aromatic nitrogens is 2. The molecule has 0 aliphatic rings. The van der Waals surface area contributed by atoms with Gasteiger partial charge in [-0.2, -0.15) is 0 Å². The fourth-order valence-electron chi connectivity index (χ4n) is 1.33. The maximum Gasteiger partial charge on any atom is 0.250 e. The van der Waals surface area contributed by atoms with E-state index in [4.69, 9.17) is 5.11 Å². The Hall–Kier alpha value is -1.35. The molecular weight excluding hydrogens is 286 g/mol. The van der Waals surface area contributed by atoms with Crippen LogP contribution in [-0.4, -0.2) is 23.5 Å². The second-order valence-electron chi connectivity index (χ2n) is 3.91. The van der Waals surface area contributed by atoms with Crippen molar-refractivity contribution in [3.8, 4) is 0 Å². The lowest BCUT2D eigenvalue weighted by Gasteiger charge is -2.04. The molecule has 19 heavy (non-hydrogen) atoms. The zero-order valence-corrected chi connectivity index (χ0v) is 11.8. The second-order valence-corrected chi connectivity index (χ2v) is 6.81. The third-order valence-electron chi connectivity index (χ3n) is 2.35. The third-order valence-corrected chi connectivity index (χ3v) is 5.24. The Morgan fingerprint density at radius 2 is 2.16 bits per heavy atom. The first kappa shape index (κ1) is 14.1. The molecule has 6 nitrogen and oxygen atoms in total. The number of hydrogen-bond donors (Lipinski definition) is 2. The van der Waals surface area contributed by atoms with E-state index in [1.807, 2.05) is 6.92 Å².